The summed E-state index contributed by atoms with van der Waals surface area (Å²) in [7, 11) is 0. The van der Waals surface area contributed by atoms with Gasteiger partial charge in [-0.1, -0.05) is 89.7 Å². The van der Waals surface area contributed by atoms with Crippen molar-refractivity contribution in [1.29, 1.82) is 0 Å². The van der Waals surface area contributed by atoms with Crippen molar-refractivity contribution < 1.29 is 14.3 Å². The van der Waals surface area contributed by atoms with E-state index in [9.17, 15) is 9.59 Å². The van der Waals surface area contributed by atoms with Gasteiger partial charge in [-0.15, -0.1) is 0 Å². The summed E-state index contributed by atoms with van der Waals surface area (Å²) >= 11 is 0. The first-order valence-corrected chi connectivity index (χ1v) is 12.7. The lowest BCUT2D eigenvalue weighted by atomic mass is 10.1. The van der Waals surface area contributed by atoms with E-state index < -0.39 is 0 Å². The first-order chi connectivity index (χ1) is 16.2. The summed E-state index contributed by atoms with van der Waals surface area (Å²) in [5, 5.41) is 0. The molecule has 0 aliphatic carbocycles. The topological polar surface area (TPSA) is 59.5 Å². The molecule has 0 radical (unpaired) electrons. The zero-order chi connectivity index (χ0) is 23.3. The fourth-order valence-corrected chi connectivity index (χ4v) is 4.28. The van der Waals surface area contributed by atoms with Crippen LogP contribution in [0.25, 0.3) is 0 Å². The Hall–Kier alpha value is -2.69. The Morgan fingerprint density at radius 3 is 1.91 bits per heavy atom. The summed E-state index contributed by atoms with van der Waals surface area (Å²) in [6.07, 6.45) is 19.0. The van der Waals surface area contributed by atoms with Crippen LogP contribution in [0.5, 0.6) is 5.75 Å². The lowest BCUT2D eigenvalue weighted by Crippen LogP contribution is -2.29. The molecular formula is C28H38N2O3. The molecule has 0 saturated heterocycles. The van der Waals surface area contributed by atoms with Gasteiger partial charge in [0.2, 0.25) is 0 Å². The third kappa shape index (κ3) is 7.69. The van der Waals surface area contributed by atoms with Crippen LogP contribution in [0.15, 0.2) is 42.7 Å². The zero-order valence-electron chi connectivity index (χ0n) is 20.1. The van der Waals surface area contributed by atoms with Crippen LogP contribution in [0.4, 0.5) is 0 Å². The van der Waals surface area contributed by atoms with E-state index in [4.69, 9.17) is 4.74 Å². The Morgan fingerprint density at radius 2 is 1.30 bits per heavy atom. The highest BCUT2D eigenvalue weighted by Gasteiger charge is 2.35. The van der Waals surface area contributed by atoms with Crippen molar-refractivity contribution in [1.82, 2.24) is 9.88 Å². The number of hydrogen-bond donors (Lipinski definition) is 0. The van der Waals surface area contributed by atoms with Gasteiger partial charge >= 0.3 is 0 Å². The number of ether oxygens (including phenoxy) is 1. The molecule has 0 bridgehead atoms. The third-order valence-electron chi connectivity index (χ3n) is 6.30. The molecule has 1 aliphatic rings. The van der Waals surface area contributed by atoms with E-state index in [1.54, 1.807) is 6.07 Å². The second-order valence-corrected chi connectivity index (χ2v) is 9.00. The van der Waals surface area contributed by atoms with Crippen molar-refractivity contribution in [2.75, 3.05) is 6.61 Å². The zero-order valence-corrected chi connectivity index (χ0v) is 20.1. The number of unbranched alkanes of at least 4 members (excludes halogenated alkanes) is 11. The summed E-state index contributed by atoms with van der Waals surface area (Å²) < 4.78 is 5.86. The summed E-state index contributed by atoms with van der Waals surface area (Å²) in [6.45, 7) is 3.25. The fourth-order valence-electron chi connectivity index (χ4n) is 4.28. The summed E-state index contributed by atoms with van der Waals surface area (Å²) in [6, 6.07) is 9.26. The van der Waals surface area contributed by atoms with E-state index in [1.807, 2.05) is 24.3 Å². The monoisotopic (exact) mass is 450 g/mol. The van der Waals surface area contributed by atoms with Gasteiger partial charge in [0.05, 0.1) is 24.3 Å². The number of amides is 2. The Bertz CT molecular complexity index is 844. The van der Waals surface area contributed by atoms with Crippen LogP contribution in [0, 0.1) is 0 Å². The summed E-state index contributed by atoms with van der Waals surface area (Å²) in [4.78, 5) is 30.2. The number of rotatable bonds is 16. The summed E-state index contributed by atoms with van der Waals surface area (Å²) in [5.41, 5.74) is 1.71. The third-order valence-corrected chi connectivity index (χ3v) is 6.30. The second kappa shape index (κ2) is 13.8. The minimum absolute atomic E-state index is 0.255. The number of fused-ring (bicyclic) bond motifs is 1. The molecule has 1 aromatic heterocycles. The Labute approximate surface area is 198 Å². The van der Waals surface area contributed by atoms with Crippen LogP contribution in [0.1, 0.15) is 110 Å². The predicted octanol–water partition coefficient (Wildman–Crippen LogP) is 6.96. The highest BCUT2D eigenvalue weighted by atomic mass is 16.5. The molecule has 0 N–H and O–H groups in total. The van der Waals surface area contributed by atoms with Gasteiger partial charge in [0.1, 0.15) is 5.75 Å². The standard InChI is InChI=1S/C28H38N2O3/c1-2-3-4-5-6-7-8-9-10-11-12-13-20-33-24-16-14-23(15-17-24)22-30-27(31)25-18-19-29-21-26(25)28(30)32/h14-19,21H,2-13,20,22H2,1H3. The fraction of sp³-hybridized carbons (Fsp3) is 0.536. The largest absolute Gasteiger partial charge is 0.494 e. The van der Waals surface area contributed by atoms with Crippen LogP contribution in [0.2, 0.25) is 0 Å². The molecule has 2 heterocycles. The van der Waals surface area contributed by atoms with E-state index in [0.717, 1.165) is 24.3 Å². The molecule has 2 amide bonds. The molecule has 0 spiro atoms. The highest BCUT2D eigenvalue weighted by molar-refractivity contribution is 6.21. The van der Waals surface area contributed by atoms with Crippen LogP contribution < -0.4 is 4.74 Å². The number of benzene rings is 1. The smallest absolute Gasteiger partial charge is 0.263 e. The van der Waals surface area contributed by atoms with Gasteiger partial charge < -0.3 is 4.74 Å². The Balaban J connectivity index is 1.25. The van der Waals surface area contributed by atoms with Crippen molar-refractivity contribution in [3.8, 4) is 5.75 Å². The molecule has 0 saturated carbocycles. The predicted molar refractivity (Wildman–Crippen MR) is 131 cm³/mol. The van der Waals surface area contributed by atoms with Gasteiger partial charge in [-0.05, 0) is 30.2 Å². The average molecular weight is 451 g/mol. The molecule has 5 heteroatoms. The van der Waals surface area contributed by atoms with Gasteiger partial charge in [0.25, 0.3) is 11.8 Å². The molecule has 33 heavy (non-hydrogen) atoms. The van der Waals surface area contributed by atoms with E-state index in [1.165, 1.54) is 87.9 Å². The number of nitrogens with zero attached hydrogens (tertiary/aromatic N) is 2. The van der Waals surface area contributed by atoms with Crippen LogP contribution in [0.3, 0.4) is 0 Å². The van der Waals surface area contributed by atoms with Gasteiger partial charge in [-0.25, -0.2) is 0 Å². The quantitative estimate of drug-likeness (QED) is 0.205. The molecule has 0 atom stereocenters. The average Bonchev–Trinajstić information content (AvgIpc) is 3.08. The van der Waals surface area contributed by atoms with E-state index in [-0.39, 0.29) is 18.4 Å². The maximum absolute atomic E-state index is 12.5. The van der Waals surface area contributed by atoms with Crippen molar-refractivity contribution in [2.45, 2.75) is 90.5 Å². The molecule has 1 aromatic carbocycles. The molecule has 0 fully saturated rings. The van der Waals surface area contributed by atoms with Gasteiger partial charge in [0, 0.05) is 12.4 Å². The molecule has 0 unspecified atom stereocenters. The van der Waals surface area contributed by atoms with Gasteiger partial charge in [0.15, 0.2) is 0 Å². The number of hydrogen-bond acceptors (Lipinski definition) is 4. The lowest BCUT2D eigenvalue weighted by Gasteiger charge is -2.14. The first kappa shape index (κ1) is 24.9. The molecular weight excluding hydrogens is 412 g/mol. The second-order valence-electron chi connectivity index (χ2n) is 9.00. The van der Waals surface area contributed by atoms with Crippen LogP contribution >= 0.6 is 0 Å². The minimum atomic E-state index is -0.282. The normalized spacial score (nSPS) is 12.9. The maximum atomic E-state index is 12.5. The lowest BCUT2D eigenvalue weighted by molar-refractivity contribution is 0.0642. The van der Waals surface area contributed by atoms with E-state index >= 15 is 0 Å². The molecule has 5 nitrogen and oxygen atoms in total. The number of imide groups is 1. The molecule has 1 aliphatic heterocycles. The Morgan fingerprint density at radius 1 is 0.727 bits per heavy atom. The number of pyridine rings is 1. The molecule has 2 aromatic rings. The maximum Gasteiger partial charge on any atom is 0.263 e. The van der Waals surface area contributed by atoms with E-state index in [0.29, 0.717) is 11.1 Å². The summed E-state index contributed by atoms with van der Waals surface area (Å²) in [5.74, 6) is 0.286. The molecule has 178 valence electrons. The van der Waals surface area contributed by atoms with Crippen LogP contribution in [-0.2, 0) is 6.54 Å². The first-order valence-electron chi connectivity index (χ1n) is 12.7. The van der Waals surface area contributed by atoms with Crippen LogP contribution in [-0.4, -0.2) is 28.3 Å². The highest BCUT2D eigenvalue weighted by Crippen LogP contribution is 2.24. The minimum Gasteiger partial charge on any atom is -0.494 e. The number of carbonyl (C=O) groups is 2. The number of aromatic nitrogens is 1. The Kier molecular flexibility index (Phi) is 10.4. The van der Waals surface area contributed by atoms with Crippen molar-refractivity contribution in [3.63, 3.8) is 0 Å². The van der Waals surface area contributed by atoms with E-state index in [2.05, 4.69) is 11.9 Å². The number of carbonyl (C=O) groups excluding carboxylic acids is 2. The van der Waals surface area contributed by atoms with Crippen molar-refractivity contribution in [2.24, 2.45) is 0 Å². The SMILES string of the molecule is CCCCCCCCCCCCCCOc1ccc(CN2C(=O)c3ccncc3C2=O)cc1. The van der Waals surface area contributed by atoms with Crippen molar-refractivity contribution in [3.05, 3.63) is 59.4 Å². The van der Waals surface area contributed by atoms with Crippen molar-refractivity contribution >= 4 is 11.8 Å². The van der Waals surface area contributed by atoms with Gasteiger partial charge in [-0.2, -0.15) is 0 Å². The molecule has 3 rings (SSSR count). The van der Waals surface area contributed by atoms with Gasteiger partial charge in [-0.3, -0.25) is 19.5 Å².